The molecule has 2 N–H and O–H groups in total. The standard InChI is InChI=1S/C15H18FN5O2/c1-8-15(22)19-18-14-7-23-13-3-10(16)11(4-12(13)21(8)14)20(2)9-5-17-6-9/h3-4,8-9,17H,5-7H2,1-2H3,(H,19,22). The fraction of sp³-hybridized carbons (Fsp3) is 0.467. The van der Waals surface area contributed by atoms with Crippen LogP contribution in [0.4, 0.5) is 15.8 Å². The third-order valence-corrected chi connectivity index (χ3v) is 4.67. The Morgan fingerprint density at radius 1 is 1.43 bits per heavy atom. The van der Waals surface area contributed by atoms with Crippen LogP contribution >= 0.6 is 0 Å². The van der Waals surface area contributed by atoms with Crippen molar-refractivity contribution in [3.8, 4) is 5.75 Å². The van der Waals surface area contributed by atoms with Crippen LogP contribution in [-0.2, 0) is 4.79 Å². The fourth-order valence-corrected chi connectivity index (χ4v) is 3.05. The molecular formula is C15H18FN5O2. The van der Waals surface area contributed by atoms with Gasteiger partial charge in [-0.1, -0.05) is 0 Å². The number of hydrogen-bond donors (Lipinski definition) is 2. The maximum absolute atomic E-state index is 14.5. The highest BCUT2D eigenvalue weighted by Crippen LogP contribution is 2.39. The topological polar surface area (TPSA) is 69.2 Å². The summed E-state index contributed by atoms with van der Waals surface area (Å²) in [6, 6.07) is 2.98. The number of nitrogens with zero attached hydrogens (tertiary/aromatic N) is 3. The highest BCUT2D eigenvalue weighted by molar-refractivity contribution is 6.09. The lowest BCUT2D eigenvalue weighted by Crippen LogP contribution is -2.57. The van der Waals surface area contributed by atoms with E-state index in [9.17, 15) is 9.18 Å². The lowest BCUT2D eigenvalue weighted by atomic mass is 10.1. The molecule has 0 aliphatic carbocycles. The Kier molecular flexibility index (Phi) is 3.15. The molecule has 0 saturated carbocycles. The summed E-state index contributed by atoms with van der Waals surface area (Å²) >= 11 is 0. The summed E-state index contributed by atoms with van der Waals surface area (Å²) in [5.41, 5.74) is 3.65. The van der Waals surface area contributed by atoms with Crippen molar-refractivity contribution in [2.75, 3.05) is 36.5 Å². The Balaban J connectivity index is 1.78. The summed E-state index contributed by atoms with van der Waals surface area (Å²) in [7, 11) is 1.88. The lowest BCUT2D eigenvalue weighted by molar-refractivity contribution is -0.122. The van der Waals surface area contributed by atoms with Gasteiger partial charge < -0.3 is 19.9 Å². The molecule has 1 fully saturated rings. The van der Waals surface area contributed by atoms with Crippen molar-refractivity contribution in [3.63, 3.8) is 0 Å². The predicted octanol–water partition coefficient (Wildman–Crippen LogP) is 0.264. The van der Waals surface area contributed by atoms with Gasteiger partial charge in [0.1, 0.15) is 24.2 Å². The Morgan fingerprint density at radius 2 is 2.22 bits per heavy atom. The number of amidine groups is 1. The van der Waals surface area contributed by atoms with E-state index in [0.717, 1.165) is 13.1 Å². The van der Waals surface area contributed by atoms with Gasteiger partial charge in [-0.15, -0.1) is 0 Å². The molecule has 0 radical (unpaired) electrons. The van der Waals surface area contributed by atoms with Gasteiger partial charge in [0.15, 0.2) is 5.84 Å². The number of ether oxygens (including phenoxy) is 1. The zero-order valence-corrected chi connectivity index (χ0v) is 13.0. The van der Waals surface area contributed by atoms with Crippen LogP contribution in [0.2, 0.25) is 0 Å². The van der Waals surface area contributed by atoms with Crippen LogP contribution in [-0.4, -0.2) is 50.6 Å². The average Bonchev–Trinajstić information content (AvgIpc) is 2.48. The number of hydrogen-bond acceptors (Lipinski definition) is 6. The average molecular weight is 319 g/mol. The molecule has 8 heteroatoms. The number of carbonyl (C=O) groups is 1. The van der Waals surface area contributed by atoms with Crippen molar-refractivity contribution in [3.05, 3.63) is 17.9 Å². The van der Waals surface area contributed by atoms with E-state index in [2.05, 4.69) is 15.8 Å². The third kappa shape index (κ3) is 2.13. The van der Waals surface area contributed by atoms with E-state index in [1.54, 1.807) is 13.0 Å². The summed E-state index contributed by atoms with van der Waals surface area (Å²) in [4.78, 5) is 15.7. The minimum Gasteiger partial charge on any atom is -0.483 e. The van der Waals surface area contributed by atoms with E-state index in [-0.39, 0.29) is 24.4 Å². The summed E-state index contributed by atoms with van der Waals surface area (Å²) in [5.74, 6) is 0.540. The Hall–Kier alpha value is -2.35. The molecule has 0 bridgehead atoms. The summed E-state index contributed by atoms with van der Waals surface area (Å²) < 4.78 is 20.1. The number of hydrazone groups is 1. The first kappa shape index (κ1) is 14.3. The normalized spacial score (nSPS) is 23.1. The molecule has 7 nitrogen and oxygen atoms in total. The molecule has 122 valence electrons. The summed E-state index contributed by atoms with van der Waals surface area (Å²) in [5, 5.41) is 7.22. The smallest absolute Gasteiger partial charge is 0.262 e. The van der Waals surface area contributed by atoms with E-state index >= 15 is 0 Å². The molecule has 1 atom stereocenters. The molecule has 4 rings (SSSR count). The van der Waals surface area contributed by atoms with Crippen molar-refractivity contribution < 1.29 is 13.9 Å². The molecule has 1 aromatic rings. The first-order chi connectivity index (χ1) is 11.1. The Bertz CT molecular complexity index is 703. The van der Waals surface area contributed by atoms with Crippen molar-refractivity contribution >= 4 is 23.1 Å². The number of nitrogens with one attached hydrogen (secondary N) is 2. The van der Waals surface area contributed by atoms with Gasteiger partial charge in [0, 0.05) is 26.2 Å². The molecule has 0 aromatic heterocycles. The highest BCUT2D eigenvalue weighted by Gasteiger charge is 2.36. The monoisotopic (exact) mass is 319 g/mol. The third-order valence-electron chi connectivity index (χ3n) is 4.67. The zero-order valence-electron chi connectivity index (χ0n) is 13.0. The van der Waals surface area contributed by atoms with Gasteiger partial charge in [-0.2, -0.15) is 5.10 Å². The van der Waals surface area contributed by atoms with Gasteiger partial charge >= 0.3 is 0 Å². The molecule has 0 spiro atoms. The van der Waals surface area contributed by atoms with Crippen molar-refractivity contribution in [2.24, 2.45) is 5.10 Å². The van der Waals surface area contributed by atoms with Crippen molar-refractivity contribution in [1.29, 1.82) is 0 Å². The number of halogens is 1. The molecule has 3 aliphatic heterocycles. The maximum atomic E-state index is 14.5. The number of fused-ring (bicyclic) bond motifs is 3. The highest BCUT2D eigenvalue weighted by atomic mass is 19.1. The molecule has 1 saturated heterocycles. The minimum atomic E-state index is -0.417. The van der Waals surface area contributed by atoms with Crippen LogP contribution in [0.3, 0.4) is 0 Å². The van der Waals surface area contributed by atoms with E-state index in [1.807, 2.05) is 16.8 Å². The molecule has 1 amide bonds. The van der Waals surface area contributed by atoms with Crippen LogP contribution < -0.4 is 25.3 Å². The van der Waals surface area contributed by atoms with Crippen LogP contribution in [0.5, 0.6) is 5.75 Å². The second-order valence-electron chi connectivity index (χ2n) is 6.03. The van der Waals surface area contributed by atoms with Crippen LogP contribution in [0.25, 0.3) is 0 Å². The molecule has 3 aliphatic rings. The van der Waals surface area contributed by atoms with Gasteiger partial charge in [-0.05, 0) is 13.0 Å². The number of amides is 1. The SMILES string of the molecule is CC1C(=O)NN=C2COc3cc(F)c(N(C)C4CNC4)cc3N21. The summed E-state index contributed by atoms with van der Waals surface area (Å²) in [6.45, 7) is 3.66. The molecular weight excluding hydrogens is 301 g/mol. The fourth-order valence-electron chi connectivity index (χ4n) is 3.05. The quantitative estimate of drug-likeness (QED) is 0.819. The van der Waals surface area contributed by atoms with Gasteiger partial charge in [0.25, 0.3) is 5.91 Å². The minimum absolute atomic E-state index is 0.191. The predicted molar refractivity (Wildman–Crippen MR) is 84.5 cm³/mol. The maximum Gasteiger partial charge on any atom is 0.262 e. The largest absolute Gasteiger partial charge is 0.483 e. The van der Waals surface area contributed by atoms with E-state index < -0.39 is 6.04 Å². The molecule has 23 heavy (non-hydrogen) atoms. The second-order valence-corrected chi connectivity index (χ2v) is 6.03. The second kappa shape index (κ2) is 5.09. The number of anilines is 2. The molecule has 3 heterocycles. The number of likely N-dealkylation sites (N-methyl/N-ethyl adjacent to an activating group) is 1. The van der Waals surface area contributed by atoms with E-state index in [0.29, 0.717) is 23.0 Å². The van der Waals surface area contributed by atoms with Crippen LogP contribution in [0.1, 0.15) is 6.92 Å². The van der Waals surface area contributed by atoms with E-state index in [1.165, 1.54) is 6.07 Å². The number of benzene rings is 1. The molecule has 1 aromatic carbocycles. The first-order valence-electron chi connectivity index (χ1n) is 7.62. The van der Waals surface area contributed by atoms with Gasteiger partial charge in [-0.25, -0.2) is 9.82 Å². The van der Waals surface area contributed by atoms with Gasteiger partial charge in [0.2, 0.25) is 0 Å². The van der Waals surface area contributed by atoms with Crippen LogP contribution in [0, 0.1) is 5.82 Å². The number of rotatable bonds is 2. The lowest BCUT2D eigenvalue weighted by Gasteiger charge is -2.40. The van der Waals surface area contributed by atoms with Crippen molar-refractivity contribution in [1.82, 2.24) is 10.7 Å². The van der Waals surface area contributed by atoms with Gasteiger partial charge in [0.05, 0.1) is 17.4 Å². The summed E-state index contributed by atoms with van der Waals surface area (Å²) in [6.07, 6.45) is 0. The first-order valence-corrected chi connectivity index (χ1v) is 7.62. The Labute approximate surface area is 133 Å². The van der Waals surface area contributed by atoms with Crippen molar-refractivity contribution in [2.45, 2.75) is 19.0 Å². The van der Waals surface area contributed by atoms with Gasteiger partial charge in [-0.3, -0.25) is 4.79 Å². The zero-order chi connectivity index (χ0) is 16.1. The van der Waals surface area contributed by atoms with Crippen LogP contribution in [0.15, 0.2) is 17.2 Å². The molecule has 1 unspecified atom stereocenters. The number of carbonyl (C=O) groups excluding carboxylic acids is 1. The van der Waals surface area contributed by atoms with E-state index in [4.69, 9.17) is 4.74 Å². The Morgan fingerprint density at radius 3 is 2.91 bits per heavy atom.